The van der Waals surface area contributed by atoms with Crippen LogP contribution in [0.25, 0.3) is 0 Å². The number of thioether (sulfide) groups is 1. The number of hydrogen-bond acceptors (Lipinski definition) is 4. The van der Waals surface area contributed by atoms with Crippen LogP contribution in [0.15, 0.2) is 23.1 Å². The summed E-state index contributed by atoms with van der Waals surface area (Å²) < 4.78 is 0. The second-order valence-electron chi connectivity index (χ2n) is 4.19. The van der Waals surface area contributed by atoms with Gasteiger partial charge in [-0.25, -0.2) is 0 Å². The number of carbonyl (C=O) groups is 1. The van der Waals surface area contributed by atoms with Gasteiger partial charge in [-0.05, 0) is 24.7 Å². The monoisotopic (exact) mass is 251 g/mol. The highest BCUT2D eigenvalue weighted by Gasteiger charge is 2.15. The number of nitrogens with zero attached hydrogens (tertiary/aromatic N) is 1. The topological polar surface area (TPSA) is 58.4 Å². The first-order valence-electron chi connectivity index (χ1n) is 5.63. The fraction of sp³-hybridized carbons (Fsp3) is 0.417. The van der Waals surface area contributed by atoms with Crippen LogP contribution in [-0.4, -0.2) is 36.7 Å². The van der Waals surface area contributed by atoms with E-state index in [4.69, 9.17) is 5.73 Å². The summed E-state index contributed by atoms with van der Waals surface area (Å²) in [5, 5.41) is 2.90. The minimum absolute atomic E-state index is 0.0787. The molecule has 2 rings (SSSR count). The van der Waals surface area contributed by atoms with Crippen molar-refractivity contribution >= 4 is 23.4 Å². The van der Waals surface area contributed by atoms with E-state index >= 15 is 0 Å². The standard InChI is InChI=1S/C12H17N3OS/c1-15(5-4-13)7-9-2-3-11-10(6-9)14-12(16)8-17-11/h2-3,6H,4-5,7-8,13H2,1H3,(H,14,16). The molecule has 1 amide bonds. The summed E-state index contributed by atoms with van der Waals surface area (Å²) >= 11 is 1.59. The van der Waals surface area contributed by atoms with E-state index in [1.165, 1.54) is 5.56 Å². The SMILES string of the molecule is CN(CCN)Cc1ccc2c(c1)NC(=O)CS2. The van der Waals surface area contributed by atoms with Crippen molar-refractivity contribution in [1.29, 1.82) is 0 Å². The third-order valence-electron chi connectivity index (χ3n) is 2.64. The molecule has 1 aliphatic heterocycles. The lowest BCUT2D eigenvalue weighted by molar-refractivity contribution is -0.113. The Kier molecular flexibility index (Phi) is 4.04. The van der Waals surface area contributed by atoms with Crippen molar-refractivity contribution in [2.24, 2.45) is 5.73 Å². The zero-order valence-electron chi connectivity index (χ0n) is 9.90. The van der Waals surface area contributed by atoms with Crippen molar-refractivity contribution in [3.8, 4) is 0 Å². The fourth-order valence-electron chi connectivity index (χ4n) is 1.84. The quantitative estimate of drug-likeness (QED) is 0.842. The predicted molar refractivity (Wildman–Crippen MR) is 71.2 cm³/mol. The molecule has 0 fully saturated rings. The van der Waals surface area contributed by atoms with Crippen molar-refractivity contribution in [2.45, 2.75) is 11.4 Å². The van der Waals surface area contributed by atoms with E-state index in [9.17, 15) is 4.79 Å². The van der Waals surface area contributed by atoms with Gasteiger partial charge in [-0.3, -0.25) is 4.79 Å². The molecule has 1 aromatic rings. The van der Waals surface area contributed by atoms with Crippen molar-refractivity contribution in [1.82, 2.24) is 4.90 Å². The number of amides is 1. The fourth-order valence-corrected chi connectivity index (χ4v) is 2.63. The smallest absolute Gasteiger partial charge is 0.234 e. The molecule has 5 heteroatoms. The zero-order valence-corrected chi connectivity index (χ0v) is 10.7. The molecule has 0 saturated carbocycles. The Morgan fingerprint density at radius 3 is 3.12 bits per heavy atom. The Balaban J connectivity index is 2.10. The Hall–Kier alpha value is -1.04. The molecule has 1 heterocycles. The summed E-state index contributed by atoms with van der Waals surface area (Å²) in [7, 11) is 2.04. The second-order valence-corrected chi connectivity index (χ2v) is 5.21. The highest BCUT2D eigenvalue weighted by molar-refractivity contribution is 8.00. The van der Waals surface area contributed by atoms with Gasteiger partial charge in [0, 0.05) is 24.5 Å². The predicted octanol–water partition coefficient (Wildman–Crippen LogP) is 1.12. The molecule has 0 unspecified atom stereocenters. The number of rotatable bonds is 4. The molecule has 0 spiro atoms. The number of nitrogens with one attached hydrogen (secondary N) is 1. The van der Waals surface area contributed by atoms with E-state index in [0.717, 1.165) is 23.7 Å². The number of carbonyl (C=O) groups excluding carboxylic acids is 1. The van der Waals surface area contributed by atoms with E-state index in [1.807, 2.05) is 13.1 Å². The molecule has 92 valence electrons. The van der Waals surface area contributed by atoms with E-state index in [2.05, 4.69) is 22.3 Å². The molecule has 0 saturated heterocycles. The summed E-state index contributed by atoms with van der Waals surface area (Å²) in [6.07, 6.45) is 0. The molecule has 0 bridgehead atoms. The van der Waals surface area contributed by atoms with Gasteiger partial charge < -0.3 is 16.0 Å². The van der Waals surface area contributed by atoms with Crippen LogP contribution in [0.2, 0.25) is 0 Å². The van der Waals surface area contributed by atoms with Crippen LogP contribution in [0.4, 0.5) is 5.69 Å². The molecule has 0 atom stereocenters. The van der Waals surface area contributed by atoms with Crippen LogP contribution in [0.5, 0.6) is 0 Å². The maximum Gasteiger partial charge on any atom is 0.234 e. The van der Waals surface area contributed by atoms with Gasteiger partial charge in [0.15, 0.2) is 0 Å². The number of nitrogens with two attached hydrogens (primary N) is 1. The van der Waals surface area contributed by atoms with Crippen LogP contribution in [0.3, 0.4) is 0 Å². The minimum Gasteiger partial charge on any atom is -0.329 e. The van der Waals surface area contributed by atoms with Crippen molar-refractivity contribution in [3.05, 3.63) is 23.8 Å². The molecule has 3 N–H and O–H groups in total. The molecule has 0 aromatic heterocycles. The summed E-state index contributed by atoms with van der Waals surface area (Å²) in [5.74, 6) is 0.592. The normalized spacial score (nSPS) is 14.6. The molecule has 0 radical (unpaired) electrons. The highest BCUT2D eigenvalue weighted by atomic mass is 32.2. The second kappa shape index (κ2) is 5.53. The molecule has 0 aliphatic carbocycles. The van der Waals surface area contributed by atoms with Gasteiger partial charge in [-0.2, -0.15) is 0 Å². The van der Waals surface area contributed by atoms with Crippen molar-refractivity contribution < 1.29 is 4.79 Å². The molecule has 4 nitrogen and oxygen atoms in total. The van der Waals surface area contributed by atoms with Gasteiger partial charge in [-0.1, -0.05) is 6.07 Å². The van der Waals surface area contributed by atoms with Crippen LogP contribution < -0.4 is 11.1 Å². The van der Waals surface area contributed by atoms with E-state index in [1.54, 1.807) is 11.8 Å². The van der Waals surface area contributed by atoms with Crippen LogP contribution >= 0.6 is 11.8 Å². The lowest BCUT2D eigenvalue weighted by Gasteiger charge is -2.19. The van der Waals surface area contributed by atoms with Gasteiger partial charge in [0.2, 0.25) is 5.91 Å². The maximum atomic E-state index is 11.3. The lowest BCUT2D eigenvalue weighted by Crippen LogP contribution is -2.25. The minimum atomic E-state index is 0.0787. The van der Waals surface area contributed by atoms with Gasteiger partial charge in [-0.15, -0.1) is 11.8 Å². The first kappa shape index (κ1) is 12.4. The highest BCUT2D eigenvalue weighted by Crippen LogP contribution is 2.32. The van der Waals surface area contributed by atoms with Gasteiger partial charge >= 0.3 is 0 Å². The summed E-state index contributed by atoms with van der Waals surface area (Å²) in [6.45, 7) is 2.39. The molecule has 17 heavy (non-hydrogen) atoms. The third kappa shape index (κ3) is 3.21. The first-order chi connectivity index (χ1) is 8.19. The van der Waals surface area contributed by atoms with Gasteiger partial charge in [0.05, 0.1) is 11.4 Å². The summed E-state index contributed by atoms with van der Waals surface area (Å²) in [6, 6.07) is 6.23. The average Bonchev–Trinajstić information content (AvgIpc) is 2.28. The van der Waals surface area contributed by atoms with E-state index in [0.29, 0.717) is 12.3 Å². The van der Waals surface area contributed by atoms with Crippen molar-refractivity contribution in [2.75, 3.05) is 31.2 Å². The number of likely N-dealkylation sites (N-methyl/N-ethyl adjacent to an activating group) is 1. The van der Waals surface area contributed by atoms with Gasteiger partial charge in [0.1, 0.15) is 0 Å². The molecular formula is C12H17N3OS. The Labute approximate surface area is 106 Å². The number of fused-ring (bicyclic) bond motifs is 1. The number of anilines is 1. The average molecular weight is 251 g/mol. The Morgan fingerprint density at radius 2 is 2.35 bits per heavy atom. The molecular weight excluding hydrogens is 234 g/mol. The summed E-state index contributed by atoms with van der Waals surface area (Å²) in [4.78, 5) is 14.6. The number of hydrogen-bond donors (Lipinski definition) is 2. The Morgan fingerprint density at radius 1 is 1.53 bits per heavy atom. The lowest BCUT2D eigenvalue weighted by atomic mass is 10.2. The van der Waals surface area contributed by atoms with E-state index in [-0.39, 0.29) is 5.91 Å². The molecule has 1 aliphatic rings. The van der Waals surface area contributed by atoms with Crippen molar-refractivity contribution in [3.63, 3.8) is 0 Å². The largest absolute Gasteiger partial charge is 0.329 e. The van der Waals surface area contributed by atoms with Crippen LogP contribution in [0.1, 0.15) is 5.56 Å². The van der Waals surface area contributed by atoms with E-state index < -0.39 is 0 Å². The maximum absolute atomic E-state index is 11.3. The zero-order chi connectivity index (χ0) is 12.3. The van der Waals surface area contributed by atoms with Crippen LogP contribution in [-0.2, 0) is 11.3 Å². The first-order valence-corrected chi connectivity index (χ1v) is 6.62. The van der Waals surface area contributed by atoms with Crippen LogP contribution in [0, 0.1) is 0 Å². The Bertz CT molecular complexity index is 422. The third-order valence-corrected chi connectivity index (χ3v) is 3.71. The van der Waals surface area contributed by atoms with Gasteiger partial charge in [0.25, 0.3) is 0 Å². The summed E-state index contributed by atoms with van der Waals surface area (Å²) in [5.41, 5.74) is 7.64. The number of benzene rings is 1. The molecule has 1 aromatic carbocycles.